The molecular formula is C12H18ClN3. The largest absolute Gasteiger partial charge is 0.367 e. The number of hydrogen-bond acceptors (Lipinski definition) is 3. The van der Waals surface area contributed by atoms with Crippen molar-refractivity contribution >= 4 is 17.4 Å². The average molecular weight is 240 g/mol. The van der Waals surface area contributed by atoms with Gasteiger partial charge < -0.3 is 5.32 Å². The minimum atomic E-state index is 0.535. The summed E-state index contributed by atoms with van der Waals surface area (Å²) in [6.45, 7) is 4.39. The van der Waals surface area contributed by atoms with E-state index in [1.807, 2.05) is 6.07 Å². The summed E-state index contributed by atoms with van der Waals surface area (Å²) < 4.78 is 0. The lowest BCUT2D eigenvalue weighted by Crippen LogP contribution is -2.34. The van der Waals surface area contributed by atoms with Crippen molar-refractivity contribution in [2.24, 2.45) is 5.92 Å². The minimum absolute atomic E-state index is 0.535. The highest BCUT2D eigenvalue weighted by atomic mass is 35.5. The van der Waals surface area contributed by atoms with Crippen LogP contribution in [0.1, 0.15) is 38.9 Å². The van der Waals surface area contributed by atoms with E-state index in [0.717, 1.165) is 30.4 Å². The Morgan fingerprint density at radius 3 is 2.81 bits per heavy atom. The number of anilines is 1. The first-order valence-corrected chi connectivity index (χ1v) is 6.35. The molecule has 4 heteroatoms. The summed E-state index contributed by atoms with van der Waals surface area (Å²) >= 11 is 5.97. The normalized spacial score (nSPS) is 23.9. The number of aromatic nitrogens is 2. The maximum absolute atomic E-state index is 5.97. The van der Waals surface area contributed by atoms with Gasteiger partial charge in [0.15, 0.2) is 0 Å². The van der Waals surface area contributed by atoms with Crippen molar-refractivity contribution in [2.75, 3.05) is 5.32 Å². The summed E-state index contributed by atoms with van der Waals surface area (Å²) in [7, 11) is 0. The minimum Gasteiger partial charge on any atom is -0.367 e. The van der Waals surface area contributed by atoms with Gasteiger partial charge in [-0.2, -0.15) is 0 Å². The molecule has 0 aliphatic heterocycles. The Morgan fingerprint density at radius 1 is 1.44 bits per heavy atom. The molecule has 0 atom stereocenters. The molecule has 0 radical (unpaired) electrons. The highest BCUT2D eigenvalue weighted by Crippen LogP contribution is 2.29. The van der Waals surface area contributed by atoms with Gasteiger partial charge in [0.05, 0.1) is 0 Å². The molecule has 0 saturated heterocycles. The zero-order valence-corrected chi connectivity index (χ0v) is 10.6. The highest BCUT2D eigenvalue weighted by Gasteiger charge is 2.25. The summed E-state index contributed by atoms with van der Waals surface area (Å²) in [5, 5.41) is 3.95. The van der Waals surface area contributed by atoms with E-state index in [9.17, 15) is 0 Å². The third kappa shape index (κ3) is 2.85. The second kappa shape index (κ2) is 5.00. The molecule has 1 aliphatic rings. The van der Waals surface area contributed by atoms with Crippen LogP contribution < -0.4 is 5.32 Å². The molecule has 3 nitrogen and oxygen atoms in total. The highest BCUT2D eigenvalue weighted by molar-refractivity contribution is 6.29. The third-order valence-electron chi connectivity index (χ3n) is 2.94. The van der Waals surface area contributed by atoms with Crippen molar-refractivity contribution in [3.8, 4) is 0 Å². The van der Waals surface area contributed by atoms with E-state index in [1.165, 1.54) is 12.8 Å². The summed E-state index contributed by atoms with van der Waals surface area (Å²) in [5.74, 6) is 2.55. The van der Waals surface area contributed by atoms with Gasteiger partial charge in [0, 0.05) is 18.5 Å². The lowest BCUT2D eigenvalue weighted by molar-refractivity contribution is 0.308. The first-order chi connectivity index (χ1) is 7.67. The van der Waals surface area contributed by atoms with Crippen molar-refractivity contribution in [1.29, 1.82) is 0 Å². The fourth-order valence-corrected chi connectivity index (χ4v) is 2.30. The molecule has 1 aromatic rings. The zero-order valence-electron chi connectivity index (χ0n) is 9.83. The molecule has 1 fully saturated rings. The van der Waals surface area contributed by atoms with Gasteiger partial charge in [-0.15, -0.1) is 0 Å². The summed E-state index contributed by atoms with van der Waals surface area (Å²) in [5.41, 5.74) is 0. The molecule has 0 unspecified atom stereocenters. The van der Waals surface area contributed by atoms with Crippen LogP contribution in [0.5, 0.6) is 0 Å². The van der Waals surface area contributed by atoms with Crippen LogP contribution in [0, 0.1) is 5.92 Å². The molecule has 0 bridgehead atoms. The fourth-order valence-electron chi connectivity index (χ4n) is 2.10. The van der Waals surface area contributed by atoms with E-state index >= 15 is 0 Å². The predicted octanol–water partition coefficient (Wildman–Crippen LogP) is 3.29. The number of nitrogens with one attached hydrogen (secondary N) is 1. The van der Waals surface area contributed by atoms with Crippen LogP contribution in [-0.4, -0.2) is 16.0 Å². The maximum Gasteiger partial charge on any atom is 0.134 e. The van der Waals surface area contributed by atoms with Crippen LogP contribution in [0.4, 0.5) is 5.82 Å². The second-order valence-corrected chi connectivity index (χ2v) is 5.05. The molecule has 16 heavy (non-hydrogen) atoms. The summed E-state index contributed by atoms with van der Waals surface area (Å²) in [6.07, 6.45) is 4.38. The molecule has 0 aromatic carbocycles. The quantitative estimate of drug-likeness (QED) is 0.820. The molecule has 1 N–H and O–H groups in total. The van der Waals surface area contributed by atoms with E-state index in [4.69, 9.17) is 11.6 Å². The van der Waals surface area contributed by atoms with Crippen molar-refractivity contribution in [1.82, 2.24) is 9.97 Å². The van der Waals surface area contributed by atoms with Crippen LogP contribution in [0.2, 0.25) is 5.15 Å². The Morgan fingerprint density at radius 2 is 2.19 bits per heavy atom. The molecule has 1 saturated carbocycles. The van der Waals surface area contributed by atoms with Gasteiger partial charge in [-0.05, 0) is 25.2 Å². The first-order valence-electron chi connectivity index (χ1n) is 5.97. The Balaban J connectivity index is 2.02. The van der Waals surface area contributed by atoms with E-state index in [0.29, 0.717) is 11.2 Å². The van der Waals surface area contributed by atoms with Crippen LogP contribution in [-0.2, 0) is 6.42 Å². The maximum atomic E-state index is 5.97. The topological polar surface area (TPSA) is 37.8 Å². The zero-order chi connectivity index (χ0) is 11.5. The molecule has 88 valence electrons. The van der Waals surface area contributed by atoms with E-state index in [2.05, 4.69) is 29.1 Å². The Labute approximate surface area is 102 Å². The third-order valence-corrected chi connectivity index (χ3v) is 3.13. The fraction of sp³-hybridized carbons (Fsp3) is 0.667. The van der Waals surface area contributed by atoms with Crippen molar-refractivity contribution in [3.63, 3.8) is 0 Å². The molecule has 0 amide bonds. The van der Waals surface area contributed by atoms with E-state index in [-0.39, 0.29) is 0 Å². The van der Waals surface area contributed by atoms with Crippen molar-refractivity contribution in [2.45, 2.75) is 45.6 Å². The van der Waals surface area contributed by atoms with E-state index < -0.39 is 0 Å². The molecule has 1 heterocycles. The van der Waals surface area contributed by atoms with Gasteiger partial charge in [0.1, 0.15) is 16.8 Å². The van der Waals surface area contributed by atoms with Crippen LogP contribution in [0.15, 0.2) is 6.07 Å². The SMILES string of the molecule is CCCc1nc(Cl)cc(NC2CC(C)C2)n1. The number of rotatable bonds is 4. The van der Waals surface area contributed by atoms with Gasteiger partial charge in [-0.3, -0.25) is 0 Å². The van der Waals surface area contributed by atoms with Gasteiger partial charge >= 0.3 is 0 Å². The van der Waals surface area contributed by atoms with E-state index in [1.54, 1.807) is 0 Å². The molecule has 2 rings (SSSR count). The lowest BCUT2D eigenvalue weighted by atomic mass is 9.82. The molecular weight excluding hydrogens is 222 g/mol. The summed E-state index contributed by atoms with van der Waals surface area (Å²) in [6, 6.07) is 2.37. The number of aryl methyl sites for hydroxylation is 1. The van der Waals surface area contributed by atoms with Gasteiger partial charge in [0.25, 0.3) is 0 Å². The Hall–Kier alpha value is -0.830. The van der Waals surface area contributed by atoms with Gasteiger partial charge in [-0.1, -0.05) is 25.4 Å². The molecule has 1 aromatic heterocycles. The monoisotopic (exact) mass is 239 g/mol. The average Bonchev–Trinajstić information content (AvgIpc) is 2.15. The summed E-state index contributed by atoms with van der Waals surface area (Å²) in [4.78, 5) is 8.67. The molecule has 1 aliphatic carbocycles. The van der Waals surface area contributed by atoms with Crippen LogP contribution in [0.3, 0.4) is 0 Å². The van der Waals surface area contributed by atoms with Gasteiger partial charge in [-0.25, -0.2) is 9.97 Å². The lowest BCUT2D eigenvalue weighted by Gasteiger charge is -2.33. The first kappa shape index (κ1) is 11.6. The van der Waals surface area contributed by atoms with Gasteiger partial charge in [0.2, 0.25) is 0 Å². The standard InChI is InChI=1S/C12H18ClN3/c1-3-4-11-15-10(13)7-12(16-11)14-9-5-8(2)6-9/h7-9H,3-6H2,1-2H3,(H,14,15,16). The smallest absolute Gasteiger partial charge is 0.134 e. The number of halogens is 1. The Bertz CT molecular complexity index is 361. The number of nitrogens with zero attached hydrogens (tertiary/aromatic N) is 2. The molecule has 0 spiro atoms. The van der Waals surface area contributed by atoms with Crippen molar-refractivity contribution in [3.05, 3.63) is 17.0 Å². The van der Waals surface area contributed by atoms with Crippen LogP contribution in [0.25, 0.3) is 0 Å². The second-order valence-electron chi connectivity index (χ2n) is 4.66. The van der Waals surface area contributed by atoms with Crippen LogP contribution >= 0.6 is 11.6 Å². The predicted molar refractivity (Wildman–Crippen MR) is 66.8 cm³/mol. The van der Waals surface area contributed by atoms with Crippen molar-refractivity contribution < 1.29 is 0 Å². The Kier molecular flexibility index (Phi) is 3.64. The number of hydrogen-bond donors (Lipinski definition) is 1.